The van der Waals surface area contributed by atoms with Gasteiger partial charge in [-0.2, -0.15) is 0 Å². The van der Waals surface area contributed by atoms with E-state index in [1.807, 2.05) is 13.0 Å². The number of anilines is 1. The fourth-order valence-electron chi connectivity index (χ4n) is 1.87. The molecule has 1 amide bonds. The van der Waals surface area contributed by atoms with E-state index in [4.69, 9.17) is 16.3 Å². The van der Waals surface area contributed by atoms with Gasteiger partial charge in [0, 0.05) is 10.7 Å². The van der Waals surface area contributed by atoms with E-state index in [2.05, 4.69) is 10.1 Å². The third kappa shape index (κ3) is 4.72. The minimum absolute atomic E-state index is 0.149. The Morgan fingerprint density at radius 2 is 1.83 bits per heavy atom. The lowest BCUT2D eigenvalue weighted by Crippen LogP contribution is -2.20. The van der Waals surface area contributed by atoms with Crippen LogP contribution in [0.3, 0.4) is 0 Å². The fraction of sp³-hybridized carbons (Fsp3) is 0.176. The summed E-state index contributed by atoms with van der Waals surface area (Å²) in [6, 6.07) is 11.6. The van der Waals surface area contributed by atoms with Crippen molar-refractivity contribution in [2.24, 2.45) is 0 Å². The third-order valence-electron chi connectivity index (χ3n) is 3.12. The second kappa shape index (κ2) is 7.65. The van der Waals surface area contributed by atoms with Crippen LogP contribution in [0.4, 0.5) is 5.69 Å². The highest BCUT2D eigenvalue weighted by Gasteiger charge is 2.08. The van der Waals surface area contributed by atoms with Crippen molar-refractivity contribution < 1.29 is 19.1 Å². The number of ether oxygens (including phenoxy) is 2. The van der Waals surface area contributed by atoms with Crippen LogP contribution in [0.15, 0.2) is 42.5 Å². The lowest BCUT2D eigenvalue weighted by Gasteiger charge is -2.10. The molecule has 0 atom stereocenters. The van der Waals surface area contributed by atoms with Crippen LogP contribution in [0.1, 0.15) is 15.9 Å². The van der Waals surface area contributed by atoms with Crippen LogP contribution in [-0.2, 0) is 9.53 Å². The molecule has 0 radical (unpaired) electrons. The smallest absolute Gasteiger partial charge is 0.337 e. The molecule has 0 saturated carbocycles. The maximum Gasteiger partial charge on any atom is 0.337 e. The van der Waals surface area contributed by atoms with Gasteiger partial charge in [-0.05, 0) is 48.9 Å². The molecular formula is C17H16ClNO4. The van der Waals surface area contributed by atoms with Gasteiger partial charge >= 0.3 is 5.97 Å². The molecule has 0 aromatic heterocycles. The van der Waals surface area contributed by atoms with Gasteiger partial charge in [0.15, 0.2) is 6.61 Å². The number of hydrogen-bond acceptors (Lipinski definition) is 4. The van der Waals surface area contributed by atoms with E-state index in [0.29, 0.717) is 22.0 Å². The molecule has 0 spiro atoms. The molecule has 2 aromatic carbocycles. The van der Waals surface area contributed by atoms with Gasteiger partial charge in [0.2, 0.25) is 0 Å². The summed E-state index contributed by atoms with van der Waals surface area (Å²) in [5.74, 6) is -0.242. The van der Waals surface area contributed by atoms with Gasteiger partial charge in [0.25, 0.3) is 5.91 Å². The van der Waals surface area contributed by atoms with Crippen molar-refractivity contribution in [3.05, 3.63) is 58.6 Å². The maximum absolute atomic E-state index is 11.9. The number of carbonyl (C=O) groups excluding carboxylic acids is 2. The summed E-state index contributed by atoms with van der Waals surface area (Å²) in [6.07, 6.45) is 0. The van der Waals surface area contributed by atoms with Gasteiger partial charge < -0.3 is 14.8 Å². The van der Waals surface area contributed by atoms with Crippen molar-refractivity contribution in [3.63, 3.8) is 0 Å². The zero-order valence-corrected chi connectivity index (χ0v) is 13.5. The summed E-state index contributed by atoms with van der Waals surface area (Å²) in [6.45, 7) is 1.72. The molecule has 0 aliphatic heterocycles. The van der Waals surface area contributed by atoms with Gasteiger partial charge in [-0.25, -0.2) is 4.79 Å². The average molecular weight is 334 g/mol. The second-order valence-corrected chi connectivity index (χ2v) is 5.25. The number of methoxy groups -OCH3 is 1. The zero-order valence-electron chi connectivity index (χ0n) is 12.8. The third-order valence-corrected chi connectivity index (χ3v) is 3.35. The maximum atomic E-state index is 11.9. The monoisotopic (exact) mass is 333 g/mol. The lowest BCUT2D eigenvalue weighted by molar-refractivity contribution is -0.118. The highest BCUT2D eigenvalue weighted by atomic mass is 35.5. The number of hydrogen-bond donors (Lipinski definition) is 1. The number of esters is 1. The summed E-state index contributed by atoms with van der Waals surface area (Å²) in [5, 5.41) is 3.28. The van der Waals surface area contributed by atoms with E-state index in [-0.39, 0.29) is 12.5 Å². The van der Waals surface area contributed by atoms with Crippen LogP contribution >= 0.6 is 11.6 Å². The zero-order chi connectivity index (χ0) is 16.8. The lowest BCUT2D eigenvalue weighted by atomic mass is 10.2. The normalized spacial score (nSPS) is 10.0. The van der Waals surface area contributed by atoms with Crippen LogP contribution < -0.4 is 10.1 Å². The number of carbonyl (C=O) groups is 2. The largest absolute Gasteiger partial charge is 0.484 e. The molecule has 0 saturated heterocycles. The number of aryl methyl sites for hydroxylation is 1. The first-order valence-electron chi connectivity index (χ1n) is 6.87. The fourth-order valence-corrected chi connectivity index (χ4v) is 2.04. The Morgan fingerprint density at radius 1 is 1.13 bits per heavy atom. The predicted octanol–water partition coefficient (Wildman–Crippen LogP) is 3.45. The molecule has 0 bridgehead atoms. The number of amides is 1. The van der Waals surface area contributed by atoms with Crippen LogP contribution in [0.5, 0.6) is 5.75 Å². The highest BCUT2D eigenvalue weighted by Crippen LogP contribution is 2.20. The number of nitrogens with one attached hydrogen (secondary N) is 1. The van der Waals surface area contributed by atoms with E-state index < -0.39 is 5.97 Å². The quantitative estimate of drug-likeness (QED) is 0.851. The van der Waals surface area contributed by atoms with Crippen molar-refractivity contribution in [2.45, 2.75) is 6.92 Å². The average Bonchev–Trinajstić information content (AvgIpc) is 2.56. The molecule has 0 aliphatic rings. The molecule has 5 nitrogen and oxygen atoms in total. The topological polar surface area (TPSA) is 64.6 Å². The standard InChI is InChI=1S/C17H16ClNO4/c1-11-3-6-13(18)9-15(11)19-16(20)10-23-14-7-4-12(5-8-14)17(21)22-2/h3-9H,10H2,1-2H3,(H,19,20). The van der Waals surface area contributed by atoms with Gasteiger partial charge in [-0.3, -0.25) is 4.79 Å². The Balaban J connectivity index is 1.91. The van der Waals surface area contributed by atoms with Gasteiger partial charge in [0.1, 0.15) is 5.75 Å². The number of rotatable bonds is 5. The van der Waals surface area contributed by atoms with Crippen molar-refractivity contribution in [1.29, 1.82) is 0 Å². The molecule has 2 aromatic rings. The first kappa shape index (κ1) is 16.8. The Bertz CT molecular complexity index is 713. The van der Waals surface area contributed by atoms with Crippen molar-refractivity contribution >= 4 is 29.2 Å². The Morgan fingerprint density at radius 3 is 2.48 bits per heavy atom. The minimum Gasteiger partial charge on any atom is -0.484 e. The molecule has 0 aliphatic carbocycles. The van der Waals surface area contributed by atoms with Gasteiger partial charge in [-0.15, -0.1) is 0 Å². The first-order valence-corrected chi connectivity index (χ1v) is 7.24. The highest BCUT2D eigenvalue weighted by molar-refractivity contribution is 6.31. The molecular weight excluding hydrogens is 318 g/mol. The molecule has 1 N–H and O–H groups in total. The summed E-state index contributed by atoms with van der Waals surface area (Å²) < 4.78 is 9.99. The first-order chi connectivity index (χ1) is 11.0. The Labute approximate surface area is 139 Å². The SMILES string of the molecule is COC(=O)c1ccc(OCC(=O)Nc2cc(Cl)ccc2C)cc1. The van der Waals surface area contributed by atoms with E-state index in [0.717, 1.165) is 5.56 Å². The van der Waals surface area contributed by atoms with Crippen molar-refractivity contribution in [1.82, 2.24) is 0 Å². The van der Waals surface area contributed by atoms with Gasteiger partial charge in [0.05, 0.1) is 12.7 Å². The second-order valence-electron chi connectivity index (χ2n) is 4.81. The van der Waals surface area contributed by atoms with Crippen LogP contribution in [-0.4, -0.2) is 25.6 Å². The van der Waals surface area contributed by atoms with Crippen molar-refractivity contribution in [2.75, 3.05) is 19.0 Å². The minimum atomic E-state index is -0.425. The van der Waals surface area contributed by atoms with E-state index in [1.165, 1.54) is 7.11 Å². The molecule has 0 unspecified atom stereocenters. The summed E-state index contributed by atoms with van der Waals surface area (Å²) >= 11 is 5.91. The van der Waals surface area contributed by atoms with Crippen LogP contribution in [0.25, 0.3) is 0 Å². The summed E-state index contributed by atoms with van der Waals surface area (Å²) in [5.41, 5.74) is 1.97. The Kier molecular flexibility index (Phi) is 5.60. The summed E-state index contributed by atoms with van der Waals surface area (Å²) in [4.78, 5) is 23.2. The van der Waals surface area contributed by atoms with Crippen LogP contribution in [0.2, 0.25) is 5.02 Å². The molecule has 6 heteroatoms. The van der Waals surface area contributed by atoms with E-state index >= 15 is 0 Å². The van der Waals surface area contributed by atoms with Crippen LogP contribution in [0, 0.1) is 6.92 Å². The van der Waals surface area contributed by atoms with E-state index in [9.17, 15) is 9.59 Å². The predicted molar refractivity (Wildman–Crippen MR) is 88.1 cm³/mol. The van der Waals surface area contributed by atoms with E-state index in [1.54, 1.807) is 36.4 Å². The van der Waals surface area contributed by atoms with Crippen molar-refractivity contribution in [3.8, 4) is 5.75 Å². The molecule has 0 fully saturated rings. The number of benzene rings is 2. The molecule has 2 rings (SSSR count). The summed E-state index contributed by atoms with van der Waals surface area (Å²) in [7, 11) is 1.31. The molecule has 120 valence electrons. The Hall–Kier alpha value is -2.53. The number of halogens is 1. The molecule has 23 heavy (non-hydrogen) atoms. The van der Waals surface area contributed by atoms with Gasteiger partial charge in [-0.1, -0.05) is 17.7 Å². The molecule has 0 heterocycles.